The average molecular weight is 533 g/mol. The largest absolute Gasteiger partial charge is 0.393 e. The Labute approximate surface area is 231 Å². The van der Waals surface area contributed by atoms with Crippen LogP contribution in [-0.2, 0) is 9.47 Å². The Kier molecular flexibility index (Phi) is 6.04. The van der Waals surface area contributed by atoms with Gasteiger partial charge in [0.25, 0.3) is 0 Å². The predicted molar refractivity (Wildman–Crippen MR) is 148 cm³/mol. The summed E-state index contributed by atoms with van der Waals surface area (Å²) in [4.78, 5) is 0. The molecule has 1 saturated heterocycles. The molecule has 38 heavy (non-hydrogen) atoms. The smallest absolute Gasteiger partial charge is 0.109 e. The molecule has 6 fully saturated rings. The molecule has 0 bridgehead atoms. The van der Waals surface area contributed by atoms with Gasteiger partial charge in [0.05, 0.1) is 36.1 Å². The summed E-state index contributed by atoms with van der Waals surface area (Å²) in [5.41, 5.74) is -0.260. The van der Waals surface area contributed by atoms with Crippen LogP contribution in [0.25, 0.3) is 0 Å². The van der Waals surface area contributed by atoms with E-state index in [1.807, 2.05) is 27.7 Å². The lowest BCUT2D eigenvalue weighted by atomic mass is 9.41. The quantitative estimate of drug-likeness (QED) is 0.431. The molecule has 0 aromatic carbocycles. The zero-order valence-corrected chi connectivity index (χ0v) is 25.6. The Balaban J connectivity index is 1.32. The van der Waals surface area contributed by atoms with Crippen molar-refractivity contribution >= 4 is 0 Å². The third kappa shape index (κ3) is 3.18. The highest BCUT2D eigenvalue weighted by atomic mass is 16.5. The van der Waals surface area contributed by atoms with Crippen molar-refractivity contribution in [1.82, 2.24) is 0 Å². The van der Waals surface area contributed by atoms with E-state index < -0.39 is 17.8 Å². The third-order valence-corrected chi connectivity index (χ3v) is 14.4. The van der Waals surface area contributed by atoms with Gasteiger partial charge in [0.15, 0.2) is 0 Å². The maximum absolute atomic E-state index is 12.3. The molecule has 5 saturated carbocycles. The maximum atomic E-state index is 12.3. The molecule has 0 aromatic heterocycles. The molecule has 13 atom stereocenters. The van der Waals surface area contributed by atoms with Crippen molar-refractivity contribution in [3.63, 3.8) is 0 Å². The summed E-state index contributed by atoms with van der Waals surface area (Å²) in [6, 6.07) is 0. The van der Waals surface area contributed by atoms with Crippen LogP contribution in [0, 0.1) is 50.7 Å². The summed E-state index contributed by atoms with van der Waals surface area (Å²) in [6.07, 6.45) is 6.89. The Morgan fingerprint density at radius 1 is 0.921 bits per heavy atom. The highest BCUT2D eigenvalue weighted by Crippen LogP contribution is 2.89. The van der Waals surface area contributed by atoms with E-state index in [9.17, 15) is 15.3 Å². The summed E-state index contributed by atoms with van der Waals surface area (Å²) in [7, 11) is 0. The Bertz CT molecular complexity index is 961. The van der Waals surface area contributed by atoms with E-state index >= 15 is 0 Å². The molecule has 1 heterocycles. The van der Waals surface area contributed by atoms with Crippen LogP contribution >= 0.6 is 0 Å². The van der Waals surface area contributed by atoms with Crippen molar-refractivity contribution in [2.24, 2.45) is 50.7 Å². The van der Waals surface area contributed by atoms with Crippen LogP contribution in [0.1, 0.15) is 114 Å². The highest BCUT2D eigenvalue weighted by molar-refractivity contribution is 5.32. The molecule has 3 N–H and O–H groups in total. The van der Waals surface area contributed by atoms with Gasteiger partial charge in [-0.05, 0) is 124 Å². The fraction of sp³-hybridized carbons (Fsp3) is 1.00. The van der Waals surface area contributed by atoms with Crippen molar-refractivity contribution in [3.05, 3.63) is 0 Å². The standard InChI is InChI=1S/C33H56O5/c1-18(2)38-29(6,7)26(35)20-16-19(3)24-25(37-20)27(36)31(9)22-11-10-21-28(4,5)23(34)12-13-32(21)17-33(22,32)15-14-30(24,31)8/h18-27,34-36H,10-17H2,1-9H3/t19-,20?,21+,22+,23+,24?,25?,26-,27+,30-,31-,32-,33?/m1/s1. The van der Waals surface area contributed by atoms with Gasteiger partial charge in [-0.15, -0.1) is 0 Å². The summed E-state index contributed by atoms with van der Waals surface area (Å²) in [5, 5.41) is 34.7. The number of fused-ring (bicyclic) bond motifs is 4. The van der Waals surface area contributed by atoms with Crippen LogP contribution in [0.2, 0.25) is 0 Å². The first-order chi connectivity index (χ1) is 17.5. The Morgan fingerprint density at radius 2 is 1.55 bits per heavy atom. The number of hydrogen-bond acceptors (Lipinski definition) is 5. The first-order valence-electron chi connectivity index (χ1n) is 15.9. The first kappa shape index (κ1) is 27.9. The Hall–Kier alpha value is -0.200. The van der Waals surface area contributed by atoms with Crippen LogP contribution in [0.4, 0.5) is 0 Å². The number of aliphatic hydroxyl groups excluding tert-OH is 3. The first-order valence-corrected chi connectivity index (χ1v) is 15.9. The number of aliphatic hydroxyl groups is 3. The van der Waals surface area contributed by atoms with Crippen molar-refractivity contribution in [1.29, 1.82) is 0 Å². The minimum absolute atomic E-state index is 0.0204. The van der Waals surface area contributed by atoms with Gasteiger partial charge < -0.3 is 24.8 Å². The van der Waals surface area contributed by atoms with E-state index in [0.717, 1.165) is 32.1 Å². The molecular weight excluding hydrogens is 476 g/mol. The summed E-state index contributed by atoms with van der Waals surface area (Å²) in [6.45, 7) is 19.8. The second kappa shape index (κ2) is 8.21. The van der Waals surface area contributed by atoms with Crippen molar-refractivity contribution in [2.45, 2.75) is 156 Å². The molecule has 218 valence electrons. The molecular formula is C33H56O5. The fourth-order valence-corrected chi connectivity index (χ4v) is 12.7. The Morgan fingerprint density at radius 3 is 2.21 bits per heavy atom. The molecule has 5 aliphatic carbocycles. The predicted octanol–water partition coefficient (Wildman–Crippen LogP) is 5.73. The van der Waals surface area contributed by atoms with E-state index in [2.05, 4.69) is 34.6 Å². The van der Waals surface area contributed by atoms with Crippen molar-refractivity contribution in [2.75, 3.05) is 0 Å². The molecule has 6 aliphatic rings. The van der Waals surface area contributed by atoms with E-state index in [-0.39, 0.29) is 40.7 Å². The fourth-order valence-electron chi connectivity index (χ4n) is 12.7. The van der Waals surface area contributed by atoms with Crippen LogP contribution in [0.3, 0.4) is 0 Å². The number of hydrogen-bond donors (Lipinski definition) is 3. The summed E-state index contributed by atoms with van der Waals surface area (Å²) >= 11 is 0. The van der Waals surface area contributed by atoms with E-state index in [0.29, 0.717) is 34.5 Å². The van der Waals surface area contributed by atoms with E-state index in [4.69, 9.17) is 9.47 Å². The van der Waals surface area contributed by atoms with Gasteiger partial charge in [0, 0.05) is 5.41 Å². The third-order valence-electron chi connectivity index (χ3n) is 14.4. The molecule has 5 heteroatoms. The molecule has 5 nitrogen and oxygen atoms in total. The van der Waals surface area contributed by atoms with E-state index in [1.54, 1.807) is 0 Å². The van der Waals surface area contributed by atoms with Crippen molar-refractivity contribution < 1.29 is 24.8 Å². The molecule has 0 radical (unpaired) electrons. The van der Waals surface area contributed by atoms with Gasteiger partial charge in [0.1, 0.15) is 6.10 Å². The number of ether oxygens (including phenoxy) is 2. The zero-order valence-electron chi connectivity index (χ0n) is 25.6. The average Bonchev–Trinajstić information content (AvgIpc) is 3.45. The monoisotopic (exact) mass is 532 g/mol. The zero-order chi connectivity index (χ0) is 27.8. The summed E-state index contributed by atoms with van der Waals surface area (Å²) in [5.74, 6) is 1.75. The second-order valence-electron chi connectivity index (χ2n) is 16.8. The maximum Gasteiger partial charge on any atom is 0.109 e. The lowest BCUT2D eigenvalue weighted by molar-refractivity contribution is -0.218. The molecule has 0 amide bonds. The SMILES string of the molecule is CC(C)OC(C)(C)[C@H](O)C1C[C@@H](C)C2C(O1)[C@H](O)[C@@]1(C)[C@@H]3CC[C@H]4C(C)(C)[C@@H](O)CC[C@@]45CC35CC[C@]21C. The van der Waals surface area contributed by atoms with Gasteiger partial charge in [-0.1, -0.05) is 34.6 Å². The van der Waals surface area contributed by atoms with Crippen LogP contribution < -0.4 is 0 Å². The molecule has 1 aliphatic heterocycles. The van der Waals surface area contributed by atoms with Gasteiger partial charge >= 0.3 is 0 Å². The lowest BCUT2D eigenvalue weighted by Gasteiger charge is -2.63. The van der Waals surface area contributed by atoms with Gasteiger partial charge in [-0.25, -0.2) is 0 Å². The van der Waals surface area contributed by atoms with Gasteiger partial charge in [-0.2, -0.15) is 0 Å². The lowest BCUT2D eigenvalue weighted by Crippen LogP contribution is -2.59. The van der Waals surface area contributed by atoms with Gasteiger partial charge in [0.2, 0.25) is 0 Å². The van der Waals surface area contributed by atoms with Crippen LogP contribution in [0.5, 0.6) is 0 Å². The molecule has 2 spiro atoms. The highest BCUT2D eigenvalue weighted by Gasteiger charge is 2.84. The van der Waals surface area contributed by atoms with E-state index in [1.165, 1.54) is 19.3 Å². The second-order valence-corrected chi connectivity index (χ2v) is 16.8. The van der Waals surface area contributed by atoms with Crippen molar-refractivity contribution in [3.8, 4) is 0 Å². The number of rotatable bonds is 4. The summed E-state index contributed by atoms with van der Waals surface area (Å²) < 4.78 is 12.9. The molecule has 4 unspecified atom stereocenters. The normalized spacial score (nSPS) is 55.8. The van der Waals surface area contributed by atoms with Crippen LogP contribution in [-0.4, -0.2) is 57.5 Å². The van der Waals surface area contributed by atoms with Gasteiger partial charge in [-0.3, -0.25) is 0 Å². The minimum atomic E-state index is -0.742. The molecule has 0 aromatic rings. The molecule has 6 rings (SSSR count). The minimum Gasteiger partial charge on any atom is -0.393 e. The topological polar surface area (TPSA) is 79.2 Å². The van der Waals surface area contributed by atoms with Crippen LogP contribution in [0.15, 0.2) is 0 Å².